The van der Waals surface area contributed by atoms with Crippen molar-refractivity contribution < 1.29 is 19.1 Å². The van der Waals surface area contributed by atoms with Gasteiger partial charge in [0.15, 0.2) is 0 Å². The molecule has 114 valence electrons. The molecule has 1 saturated heterocycles. The van der Waals surface area contributed by atoms with Gasteiger partial charge in [-0.15, -0.1) is 0 Å². The first-order chi connectivity index (χ1) is 10.6. The molecule has 5 heteroatoms. The van der Waals surface area contributed by atoms with Crippen LogP contribution >= 0.6 is 0 Å². The molecule has 0 amide bonds. The van der Waals surface area contributed by atoms with Gasteiger partial charge < -0.3 is 14.0 Å². The van der Waals surface area contributed by atoms with Crippen LogP contribution in [0.3, 0.4) is 0 Å². The van der Waals surface area contributed by atoms with E-state index < -0.39 is 18.0 Å². The van der Waals surface area contributed by atoms with Crippen LogP contribution in [-0.2, 0) is 14.3 Å². The van der Waals surface area contributed by atoms with Crippen molar-refractivity contribution >= 4 is 11.9 Å². The summed E-state index contributed by atoms with van der Waals surface area (Å²) in [5, 5.41) is 0. The highest BCUT2D eigenvalue weighted by Crippen LogP contribution is 2.22. The largest absolute Gasteiger partial charge is 0.463 e. The van der Waals surface area contributed by atoms with Gasteiger partial charge in [0.1, 0.15) is 0 Å². The van der Waals surface area contributed by atoms with Crippen molar-refractivity contribution in [1.29, 1.82) is 0 Å². The summed E-state index contributed by atoms with van der Waals surface area (Å²) in [5.41, 5.74) is 3.18. The molecule has 1 aliphatic rings. The lowest BCUT2D eigenvalue weighted by atomic mass is 10.2. The third-order valence-electron chi connectivity index (χ3n) is 3.80. The van der Waals surface area contributed by atoms with E-state index in [1.165, 1.54) is 0 Å². The molecular weight excluding hydrogens is 282 g/mol. The highest BCUT2D eigenvalue weighted by atomic mass is 16.6. The molecular formula is C17H17NO4. The number of hydrogen-bond donors (Lipinski definition) is 0. The summed E-state index contributed by atoms with van der Waals surface area (Å²) in [6.07, 6.45) is -0.366. The van der Waals surface area contributed by atoms with Crippen molar-refractivity contribution in [2.75, 3.05) is 6.61 Å². The molecule has 1 aromatic carbocycles. The van der Waals surface area contributed by atoms with E-state index >= 15 is 0 Å². The Morgan fingerprint density at radius 3 is 2.64 bits per heavy atom. The predicted octanol–water partition coefficient (Wildman–Crippen LogP) is 2.57. The normalized spacial score (nSPS) is 17.4. The standard InChI is InChI=1S/C17H17NO4/c1-11-10-14(16(19)22-15-8-9-21-17(15)20)12(2)18(11)13-6-4-3-5-7-13/h3-7,10,15H,8-9H2,1-2H3/t15-/m1/s1. The van der Waals surface area contributed by atoms with Gasteiger partial charge in [0.2, 0.25) is 6.10 Å². The van der Waals surface area contributed by atoms with Gasteiger partial charge in [0.05, 0.1) is 12.2 Å². The van der Waals surface area contributed by atoms with Crippen LogP contribution in [0.4, 0.5) is 0 Å². The molecule has 0 aliphatic carbocycles. The summed E-state index contributed by atoms with van der Waals surface area (Å²) < 4.78 is 12.1. The molecule has 0 radical (unpaired) electrons. The predicted molar refractivity (Wildman–Crippen MR) is 80.0 cm³/mol. The van der Waals surface area contributed by atoms with Crippen molar-refractivity contribution in [3.8, 4) is 5.69 Å². The minimum atomic E-state index is -0.785. The molecule has 2 aromatic rings. The van der Waals surface area contributed by atoms with Crippen LogP contribution in [0.15, 0.2) is 36.4 Å². The molecule has 0 unspecified atom stereocenters. The molecule has 1 aliphatic heterocycles. The number of para-hydroxylation sites is 1. The van der Waals surface area contributed by atoms with E-state index in [1.54, 1.807) is 6.07 Å². The highest BCUT2D eigenvalue weighted by Gasteiger charge is 2.31. The van der Waals surface area contributed by atoms with E-state index in [9.17, 15) is 9.59 Å². The Labute approximate surface area is 128 Å². The zero-order valence-electron chi connectivity index (χ0n) is 12.5. The summed E-state index contributed by atoms with van der Waals surface area (Å²) >= 11 is 0. The Morgan fingerprint density at radius 2 is 2.00 bits per heavy atom. The molecule has 1 aromatic heterocycles. The Bertz CT molecular complexity index is 718. The summed E-state index contributed by atoms with van der Waals surface area (Å²) in [6, 6.07) is 11.6. The lowest BCUT2D eigenvalue weighted by Gasteiger charge is -2.10. The zero-order chi connectivity index (χ0) is 15.7. The van der Waals surface area contributed by atoms with Crippen molar-refractivity contribution in [3.05, 3.63) is 53.3 Å². The quantitative estimate of drug-likeness (QED) is 0.817. The number of hydrogen-bond acceptors (Lipinski definition) is 4. The number of cyclic esters (lactones) is 1. The maximum Gasteiger partial charge on any atom is 0.347 e. The molecule has 3 rings (SSSR count). The average Bonchev–Trinajstić information content (AvgIpc) is 3.04. The van der Waals surface area contributed by atoms with E-state index in [0.717, 1.165) is 17.1 Å². The second kappa shape index (κ2) is 5.67. The molecule has 1 fully saturated rings. The van der Waals surface area contributed by atoms with Gasteiger partial charge in [0, 0.05) is 23.5 Å². The van der Waals surface area contributed by atoms with E-state index in [-0.39, 0.29) is 0 Å². The van der Waals surface area contributed by atoms with Crippen molar-refractivity contribution in [1.82, 2.24) is 4.57 Å². The van der Waals surface area contributed by atoms with E-state index in [0.29, 0.717) is 18.6 Å². The highest BCUT2D eigenvalue weighted by molar-refractivity contribution is 5.93. The van der Waals surface area contributed by atoms with Crippen LogP contribution in [0.25, 0.3) is 5.69 Å². The van der Waals surface area contributed by atoms with E-state index in [2.05, 4.69) is 0 Å². The van der Waals surface area contributed by atoms with Crippen LogP contribution in [0.1, 0.15) is 28.2 Å². The fraction of sp³-hybridized carbons (Fsp3) is 0.294. The Kier molecular flexibility index (Phi) is 3.71. The van der Waals surface area contributed by atoms with Crippen molar-refractivity contribution in [2.24, 2.45) is 0 Å². The molecule has 0 saturated carbocycles. The van der Waals surface area contributed by atoms with Crippen LogP contribution in [0, 0.1) is 13.8 Å². The minimum Gasteiger partial charge on any atom is -0.463 e. The molecule has 5 nitrogen and oxygen atoms in total. The fourth-order valence-corrected chi connectivity index (χ4v) is 2.72. The van der Waals surface area contributed by atoms with Gasteiger partial charge >= 0.3 is 11.9 Å². The summed E-state index contributed by atoms with van der Waals surface area (Å²) in [6.45, 7) is 4.10. The molecule has 22 heavy (non-hydrogen) atoms. The first-order valence-electron chi connectivity index (χ1n) is 7.20. The maximum atomic E-state index is 12.3. The lowest BCUT2D eigenvalue weighted by Crippen LogP contribution is -2.22. The topological polar surface area (TPSA) is 57.5 Å². The first kappa shape index (κ1) is 14.4. The summed E-state index contributed by atoms with van der Waals surface area (Å²) in [5.74, 6) is -0.954. The number of rotatable bonds is 3. The number of benzene rings is 1. The van der Waals surface area contributed by atoms with Gasteiger partial charge in [-0.25, -0.2) is 9.59 Å². The molecule has 0 bridgehead atoms. The van der Waals surface area contributed by atoms with Crippen molar-refractivity contribution in [3.63, 3.8) is 0 Å². The second-order valence-corrected chi connectivity index (χ2v) is 5.31. The smallest absolute Gasteiger partial charge is 0.347 e. The molecule has 1 atom stereocenters. The Morgan fingerprint density at radius 1 is 1.27 bits per heavy atom. The SMILES string of the molecule is Cc1cc(C(=O)O[C@@H]2CCOC2=O)c(C)n1-c1ccccc1. The van der Waals surface area contributed by atoms with Crippen LogP contribution < -0.4 is 0 Å². The first-order valence-corrected chi connectivity index (χ1v) is 7.20. The monoisotopic (exact) mass is 299 g/mol. The Balaban J connectivity index is 1.89. The third-order valence-corrected chi connectivity index (χ3v) is 3.80. The van der Waals surface area contributed by atoms with Gasteiger partial charge in [-0.2, -0.15) is 0 Å². The molecule has 0 spiro atoms. The third kappa shape index (κ3) is 2.50. The Hall–Kier alpha value is -2.56. The summed E-state index contributed by atoms with van der Waals surface area (Å²) in [7, 11) is 0. The fourth-order valence-electron chi connectivity index (χ4n) is 2.72. The van der Waals surface area contributed by atoms with Gasteiger partial charge in [-0.05, 0) is 32.0 Å². The number of ether oxygens (including phenoxy) is 2. The van der Waals surface area contributed by atoms with Crippen LogP contribution in [-0.4, -0.2) is 29.2 Å². The van der Waals surface area contributed by atoms with E-state index in [1.807, 2.05) is 48.7 Å². The van der Waals surface area contributed by atoms with E-state index in [4.69, 9.17) is 9.47 Å². The van der Waals surface area contributed by atoms with Gasteiger partial charge in [-0.3, -0.25) is 0 Å². The number of aromatic nitrogens is 1. The minimum absolute atomic E-state index is 0.305. The van der Waals surface area contributed by atoms with Crippen LogP contribution in [0.5, 0.6) is 0 Å². The average molecular weight is 299 g/mol. The number of carbonyl (C=O) groups is 2. The number of esters is 2. The second-order valence-electron chi connectivity index (χ2n) is 5.31. The van der Waals surface area contributed by atoms with Crippen LogP contribution in [0.2, 0.25) is 0 Å². The lowest BCUT2D eigenvalue weighted by molar-refractivity contribution is -0.145. The summed E-state index contributed by atoms with van der Waals surface area (Å²) in [4.78, 5) is 23.7. The van der Waals surface area contributed by atoms with Gasteiger partial charge in [-0.1, -0.05) is 18.2 Å². The number of carbonyl (C=O) groups excluding carboxylic acids is 2. The zero-order valence-corrected chi connectivity index (χ0v) is 12.5. The molecule has 2 heterocycles. The number of nitrogens with zero attached hydrogens (tertiary/aromatic N) is 1. The maximum absolute atomic E-state index is 12.3. The van der Waals surface area contributed by atoms with Crippen molar-refractivity contribution in [2.45, 2.75) is 26.4 Å². The number of aryl methyl sites for hydroxylation is 1. The van der Waals surface area contributed by atoms with Gasteiger partial charge in [0.25, 0.3) is 0 Å². The molecule has 0 N–H and O–H groups in total.